The number of anilines is 1. The number of aromatic nitrogens is 1. The van der Waals surface area contributed by atoms with E-state index in [4.69, 9.17) is 11.6 Å². The monoisotopic (exact) mass is 429 g/mol. The molecular weight excluding hydrogens is 413 g/mol. The van der Waals surface area contributed by atoms with Crippen molar-refractivity contribution < 1.29 is 14.0 Å². The fourth-order valence-electron chi connectivity index (χ4n) is 2.46. The first-order chi connectivity index (χ1) is 13.9. The molecule has 0 saturated heterocycles. The van der Waals surface area contributed by atoms with E-state index in [2.05, 4.69) is 15.6 Å². The Kier molecular flexibility index (Phi) is 6.74. The normalized spacial score (nSPS) is 10.9. The van der Waals surface area contributed by atoms with Gasteiger partial charge in [0.25, 0.3) is 0 Å². The molecule has 1 aromatic heterocycles. The van der Waals surface area contributed by atoms with Gasteiger partial charge in [0.1, 0.15) is 5.82 Å². The molecule has 0 unspecified atom stereocenters. The number of halogens is 2. The lowest BCUT2D eigenvalue weighted by atomic mass is 10.1. The fraction of sp³-hybridized carbons (Fsp3) is 0.0952. The van der Waals surface area contributed by atoms with Crippen LogP contribution in [0.5, 0.6) is 0 Å². The van der Waals surface area contributed by atoms with Gasteiger partial charge in [-0.25, -0.2) is 9.37 Å². The van der Waals surface area contributed by atoms with Gasteiger partial charge < -0.3 is 5.32 Å². The number of benzene rings is 2. The summed E-state index contributed by atoms with van der Waals surface area (Å²) in [5.74, 6) is -1.02. The molecule has 2 N–H and O–H groups in total. The van der Waals surface area contributed by atoms with Gasteiger partial charge in [-0.05, 0) is 23.8 Å². The molecule has 3 rings (SSSR count). The van der Waals surface area contributed by atoms with Crippen LogP contribution in [0.4, 0.5) is 9.52 Å². The zero-order chi connectivity index (χ0) is 20.8. The molecule has 2 aromatic carbocycles. The number of nitrogens with zero attached hydrogens (tertiary/aromatic N) is 1. The van der Waals surface area contributed by atoms with Crippen LogP contribution < -0.4 is 10.6 Å². The van der Waals surface area contributed by atoms with Crippen LogP contribution in [0.15, 0.2) is 53.9 Å². The SMILES string of the molecule is CC(=O)NCc1ccc(-c2csc(NC(=O)/C=C/c3c(F)cccc3Cl)n2)cc1. The number of amides is 2. The van der Waals surface area contributed by atoms with Crippen LogP contribution >= 0.6 is 22.9 Å². The highest BCUT2D eigenvalue weighted by atomic mass is 35.5. The molecule has 148 valence electrons. The van der Waals surface area contributed by atoms with Crippen molar-refractivity contribution in [2.24, 2.45) is 0 Å². The number of hydrogen-bond acceptors (Lipinski definition) is 4. The van der Waals surface area contributed by atoms with E-state index in [-0.39, 0.29) is 16.5 Å². The van der Waals surface area contributed by atoms with Gasteiger partial charge in [0.15, 0.2) is 5.13 Å². The molecule has 8 heteroatoms. The highest BCUT2D eigenvalue weighted by Crippen LogP contribution is 2.25. The summed E-state index contributed by atoms with van der Waals surface area (Å²) in [4.78, 5) is 27.5. The van der Waals surface area contributed by atoms with Gasteiger partial charge in [-0.15, -0.1) is 11.3 Å². The van der Waals surface area contributed by atoms with Crippen LogP contribution in [0.2, 0.25) is 5.02 Å². The van der Waals surface area contributed by atoms with Gasteiger partial charge in [0.05, 0.1) is 10.7 Å². The van der Waals surface area contributed by atoms with E-state index < -0.39 is 11.7 Å². The van der Waals surface area contributed by atoms with Crippen LogP contribution in [0, 0.1) is 5.82 Å². The minimum atomic E-state index is -0.500. The molecule has 2 amide bonds. The number of thiazole rings is 1. The summed E-state index contributed by atoms with van der Waals surface area (Å²) in [7, 11) is 0. The van der Waals surface area contributed by atoms with E-state index in [0.717, 1.165) is 16.8 Å². The van der Waals surface area contributed by atoms with Gasteiger partial charge in [0, 0.05) is 36.1 Å². The molecule has 0 fully saturated rings. The largest absolute Gasteiger partial charge is 0.352 e. The van der Waals surface area contributed by atoms with Gasteiger partial charge >= 0.3 is 0 Å². The van der Waals surface area contributed by atoms with Crippen molar-refractivity contribution in [3.05, 3.63) is 75.9 Å². The first-order valence-electron chi connectivity index (χ1n) is 8.65. The van der Waals surface area contributed by atoms with E-state index in [1.165, 1.54) is 42.5 Å². The zero-order valence-electron chi connectivity index (χ0n) is 15.4. The lowest BCUT2D eigenvalue weighted by Crippen LogP contribution is -2.18. The van der Waals surface area contributed by atoms with E-state index in [1.807, 2.05) is 29.6 Å². The second-order valence-electron chi connectivity index (χ2n) is 6.10. The molecule has 0 saturated carbocycles. The van der Waals surface area contributed by atoms with Crippen molar-refractivity contribution >= 4 is 46.0 Å². The molecule has 29 heavy (non-hydrogen) atoms. The standard InChI is InChI=1S/C21H17ClFN3O2S/c1-13(27)24-11-14-5-7-15(8-6-14)19-12-29-21(25-19)26-20(28)10-9-16-17(22)3-2-4-18(16)23/h2-10,12H,11H2,1H3,(H,24,27)(H,25,26,28)/b10-9+. The highest BCUT2D eigenvalue weighted by Gasteiger charge is 2.08. The van der Waals surface area contributed by atoms with Crippen molar-refractivity contribution in [1.82, 2.24) is 10.3 Å². The number of carbonyl (C=O) groups excluding carboxylic acids is 2. The quantitative estimate of drug-likeness (QED) is 0.548. The lowest BCUT2D eigenvalue weighted by Gasteiger charge is -2.03. The molecule has 0 atom stereocenters. The molecule has 0 aliphatic heterocycles. The lowest BCUT2D eigenvalue weighted by molar-refractivity contribution is -0.119. The predicted molar refractivity (Wildman–Crippen MR) is 114 cm³/mol. The van der Waals surface area contributed by atoms with E-state index in [0.29, 0.717) is 11.7 Å². The summed E-state index contributed by atoms with van der Waals surface area (Å²) < 4.78 is 13.7. The average molecular weight is 430 g/mol. The van der Waals surface area contributed by atoms with Gasteiger partial charge in [-0.1, -0.05) is 41.9 Å². The summed E-state index contributed by atoms with van der Waals surface area (Å²) in [6.45, 7) is 1.94. The Hall–Kier alpha value is -3.03. The molecule has 0 bridgehead atoms. The summed E-state index contributed by atoms with van der Waals surface area (Å²) in [6, 6.07) is 11.9. The average Bonchev–Trinajstić information content (AvgIpc) is 3.14. The summed E-state index contributed by atoms with van der Waals surface area (Å²) >= 11 is 7.22. The molecule has 1 heterocycles. The smallest absolute Gasteiger partial charge is 0.250 e. The maximum atomic E-state index is 13.7. The highest BCUT2D eigenvalue weighted by molar-refractivity contribution is 7.14. The van der Waals surface area contributed by atoms with E-state index in [9.17, 15) is 14.0 Å². The Bertz CT molecular complexity index is 1040. The molecular formula is C21H17ClFN3O2S. The third-order valence-corrected chi connectivity index (χ3v) is 5.01. The molecule has 0 radical (unpaired) electrons. The number of nitrogens with one attached hydrogen (secondary N) is 2. The first-order valence-corrected chi connectivity index (χ1v) is 9.90. The topological polar surface area (TPSA) is 71.1 Å². The molecule has 3 aromatic rings. The maximum Gasteiger partial charge on any atom is 0.250 e. The van der Waals surface area contributed by atoms with Crippen LogP contribution in [-0.2, 0) is 16.1 Å². The third kappa shape index (κ3) is 5.73. The van der Waals surface area contributed by atoms with Crippen molar-refractivity contribution in [2.75, 3.05) is 5.32 Å². The third-order valence-electron chi connectivity index (χ3n) is 3.93. The van der Waals surface area contributed by atoms with Crippen LogP contribution in [0.1, 0.15) is 18.1 Å². The Morgan fingerprint density at radius 2 is 1.97 bits per heavy atom. The van der Waals surface area contributed by atoms with Crippen molar-refractivity contribution in [2.45, 2.75) is 13.5 Å². The van der Waals surface area contributed by atoms with E-state index in [1.54, 1.807) is 6.07 Å². The summed E-state index contributed by atoms with van der Waals surface area (Å²) in [6.07, 6.45) is 2.54. The summed E-state index contributed by atoms with van der Waals surface area (Å²) in [5, 5.41) is 7.88. The van der Waals surface area contributed by atoms with E-state index >= 15 is 0 Å². The van der Waals surface area contributed by atoms with Crippen molar-refractivity contribution in [3.8, 4) is 11.3 Å². The first kappa shape index (κ1) is 20.7. The second kappa shape index (κ2) is 9.45. The Balaban J connectivity index is 1.63. The Morgan fingerprint density at radius 3 is 2.66 bits per heavy atom. The van der Waals surface area contributed by atoms with Gasteiger partial charge in [-0.3, -0.25) is 14.9 Å². The molecule has 0 aliphatic rings. The predicted octanol–water partition coefficient (Wildman–Crippen LogP) is 4.89. The maximum absolute atomic E-state index is 13.7. The molecule has 5 nitrogen and oxygen atoms in total. The Labute approximate surface area is 176 Å². The summed E-state index contributed by atoms with van der Waals surface area (Å²) in [5.41, 5.74) is 2.74. The van der Waals surface area contributed by atoms with Crippen molar-refractivity contribution in [3.63, 3.8) is 0 Å². The van der Waals surface area contributed by atoms with Gasteiger partial charge in [0.2, 0.25) is 11.8 Å². The fourth-order valence-corrected chi connectivity index (χ4v) is 3.41. The minimum Gasteiger partial charge on any atom is -0.352 e. The number of hydrogen-bond donors (Lipinski definition) is 2. The Morgan fingerprint density at radius 1 is 1.21 bits per heavy atom. The second-order valence-corrected chi connectivity index (χ2v) is 7.37. The number of rotatable bonds is 6. The van der Waals surface area contributed by atoms with Crippen LogP contribution in [0.25, 0.3) is 17.3 Å². The molecule has 0 aliphatic carbocycles. The minimum absolute atomic E-state index is 0.0831. The number of carbonyl (C=O) groups is 2. The zero-order valence-corrected chi connectivity index (χ0v) is 17.0. The van der Waals surface area contributed by atoms with Crippen LogP contribution in [-0.4, -0.2) is 16.8 Å². The van der Waals surface area contributed by atoms with Gasteiger partial charge in [-0.2, -0.15) is 0 Å². The molecule has 0 spiro atoms. The van der Waals surface area contributed by atoms with Crippen LogP contribution in [0.3, 0.4) is 0 Å². The van der Waals surface area contributed by atoms with Crippen molar-refractivity contribution in [1.29, 1.82) is 0 Å².